The minimum Gasteiger partial charge on any atom is -0.308 e. The van der Waals surface area contributed by atoms with Crippen LogP contribution in [-0.2, 0) is 17.8 Å². The van der Waals surface area contributed by atoms with Gasteiger partial charge in [0.15, 0.2) is 0 Å². The summed E-state index contributed by atoms with van der Waals surface area (Å²) in [6.07, 6.45) is 3.90. The largest absolute Gasteiger partial charge is 0.308 e. The van der Waals surface area contributed by atoms with Gasteiger partial charge in [-0.3, -0.25) is 19.6 Å². The highest BCUT2D eigenvalue weighted by atomic mass is 16.2. The van der Waals surface area contributed by atoms with Gasteiger partial charge in [-0.05, 0) is 56.6 Å². The Bertz CT molecular complexity index is 779. The number of benzene rings is 1. The molecule has 0 aliphatic carbocycles. The number of hydrogen-bond acceptors (Lipinski definition) is 4. The zero-order valence-electron chi connectivity index (χ0n) is 16.1. The molecule has 27 heavy (non-hydrogen) atoms. The van der Waals surface area contributed by atoms with Gasteiger partial charge in [0.1, 0.15) is 0 Å². The van der Waals surface area contributed by atoms with Crippen molar-refractivity contribution in [2.45, 2.75) is 32.4 Å². The molecule has 2 aliphatic rings. The monoisotopic (exact) mass is 364 g/mol. The highest BCUT2D eigenvalue weighted by Crippen LogP contribution is 2.31. The van der Waals surface area contributed by atoms with Gasteiger partial charge < -0.3 is 4.90 Å². The van der Waals surface area contributed by atoms with Crippen molar-refractivity contribution in [2.24, 2.45) is 0 Å². The lowest BCUT2D eigenvalue weighted by atomic mass is 10.1. The Morgan fingerprint density at radius 3 is 2.67 bits per heavy atom. The van der Waals surface area contributed by atoms with Gasteiger partial charge in [-0.25, -0.2) is 0 Å². The Labute approximate surface area is 161 Å². The number of rotatable bonds is 4. The Hall–Kier alpha value is -2.24. The average molecular weight is 364 g/mol. The van der Waals surface area contributed by atoms with Crippen molar-refractivity contribution in [1.29, 1.82) is 0 Å². The van der Waals surface area contributed by atoms with E-state index in [2.05, 4.69) is 46.0 Å². The molecule has 3 heterocycles. The van der Waals surface area contributed by atoms with E-state index in [9.17, 15) is 4.79 Å². The van der Waals surface area contributed by atoms with Crippen molar-refractivity contribution in [3.8, 4) is 0 Å². The maximum absolute atomic E-state index is 13.0. The number of anilines is 1. The Morgan fingerprint density at radius 2 is 1.81 bits per heavy atom. The van der Waals surface area contributed by atoms with Crippen molar-refractivity contribution >= 4 is 11.6 Å². The third-order valence-electron chi connectivity index (χ3n) is 5.63. The van der Waals surface area contributed by atoms with Crippen LogP contribution in [0.3, 0.4) is 0 Å². The van der Waals surface area contributed by atoms with Crippen molar-refractivity contribution in [3.05, 3.63) is 59.9 Å². The lowest BCUT2D eigenvalue weighted by Crippen LogP contribution is -2.44. The SMILES string of the molecule is CC1Cc2ccccc2N1C(=O)CN1CCCN(Cc2ccccn2)CC1. The maximum Gasteiger partial charge on any atom is 0.241 e. The Balaban J connectivity index is 1.34. The molecule has 1 atom stereocenters. The van der Waals surface area contributed by atoms with Crippen LogP contribution in [0.4, 0.5) is 5.69 Å². The second-order valence-corrected chi connectivity index (χ2v) is 7.67. The molecule has 1 saturated heterocycles. The number of para-hydroxylation sites is 1. The number of pyridine rings is 1. The third-order valence-corrected chi connectivity index (χ3v) is 5.63. The van der Waals surface area contributed by atoms with Gasteiger partial charge in [0.05, 0.1) is 12.2 Å². The number of aromatic nitrogens is 1. The standard InChI is InChI=1S/C22H28N4O/c1-18-15-19-7-2-3-9-21(19)26(18)22(27)17-25-12-6-11-24(13-14-25)16-20-8-4-5-10-23-20/h2-5,7-10,18H,6,11-17H2,1H3. The molecule has 5 nitrogen and oxygen atoms in total. The van der Waals surface area contributed by atoms with Crippen LogP contribution < -0.4 is 4.90 Å². The lowest BCUT2D eigenvalue weighted by Gasteiger charge is -2.27. The van der Waals surface area contributed by atoms with Gasteiger partial charge in [-0.1, -0.05) is 24.3 Å². The van der Waals surface area contributed by atoms with Gasteiger partial charge in [-0.2, -0.15) is 0 Å². The first-order valence-electron chi connectivity index (χ1n) is 9.95. The number of amides is 1. The van der Waals surface area contributed by atoms with E-state index in [1.54, 1.807) is 0 Å². The normalized spacial score (nSPS) is 21.1. The summed E-state index contributed by atoms with van der Waals surface area (Å²) >= 11 is 0. The van der Waals surface area contributed by atoms with Crippen LogP contribution >= 0.6 is 0 Å². The summed E-state index contributed by atoms with van der Waals surface area (Å²) in [4.78, 5) is 24.2. The number of carbonyl (C=O) groups excluding carboxylic acids is 1. The van der Waals surface area contributed by atoms with E-state index < -0.39 is 0 Å². The molecule has 5 heteroatoms. The minimum atomic E-state index is 0.227. The number of carbonyl (C=O) groups is 1. The first-order chi connectivity index (χ1) is 13.2. The summed E-state index contributed by atoms with van der Waals surface area (Å²) in [6.45, 7) is 7.50. The van der Waals surface area contributed by atoms with E-state index in [0.29, 0.717) is 6.54 Å². The van der Waals surface area contributed by atoms with Gasteiger partial charge in [0, 0.05) is 37.6 Å². The van der Waals surface area contributed by atoms with Crippen LogP contribution in [0.2, 0.25) is 0 Å². The number of nitrogens with zero attached hydrogens (tertiary/aromatic N) is 4. The zero-order chi connectivity index (χ0) is 18.6. The fourth-order valence-corrected chi connectivity index (χ4v) is 4.27. The molecule has 0 spiro atoms. The van der Waals surface area contributed by atoms with E-state index in [0.717, 1.165) is 56.9 Å². The van der Waals surface area contributed by atoms with Crippen molar-refractivity contribution in [3.63, 3.8) is 0 Å². The van der Waals surface area contributed by atoms with Crippen molar-refractivity contribution < 1.29 is 4.79 Å². The summed E-state index contributed by atoms with van der Waals surface area (Å²) in [5.74, 6) is 0.227. The molecule has 0 N–H and O–H groups in total. The molecule has 0 radical (unpaired) electrons. The molecule has 2 aliphatic heterocycles. The average Bonchev–Trinajstić information content (AvgIpc) is 2.86. The predicted octanol–water partition coefficient (Wildman–Crippen LogP) is 2.57. The third kappa shape index (κ3) is 4.20. The molecule has 0 saturated carbocycles. The second kappa shape index (κ2) is 8.19. The highest BCUT2D eigenvalue weighted by molar-refractivity contribution is 5.97. The van der Waals surface area contributed by atoms with E-state index in [1.165, 1.54) is 5.56 Å². The fraction of sp³-hybridized carbons (Fsp3) is 0.455. The highest BCUT2D eigenvalue weighted by Gasteiger charge is 2.31. The second-order valence-electron chi connectivity index (χ2n) is 7.67. The number of fused-ring (bicyclic) bond motifs is 1. The predicted molar refractivity (Wildman–Crippen MR) is 108 cm³/mol. The van der Waals surface area contributed by atoms with Crippen LogP contribution in [-0.4, -0.2) is 59.5 Å². The summed E-state index contributed by atoms with van der Waals surface area (Å²) in [5, 5.41) is 0. The van der Waals surface area contributed by atoms with Crippen LogP contribution in [0.15, 0.2) is 48.7 Å². The van der Waals surface area contributed by atoms with Crippen LogP contribution in [0.25, 0.3) is 0 Å². The molecule has 4 rings (SSSR count). The van der Waals surface area contributed by atoms with E-state index in [4.69, 9.17) is 0 Å². The molecule has 142 valence electrons. The van der Waals surface area contributed by atoms with Gasteiger partial charge >= 0.3 is 0 Å². The maximum atomic E-state index is 13.0. The van der Waals surface area contributed by atoms with Crippen molar-refractivity contribution in [2.75, 3.05) is 37.6 Å². The Kier molecular flexibility index (Phi) is 5.50. The molecular formula is C22H28N4O. The van der Waals surface area contributed by atoms with E-state index in [1.807, 2.05) is 29.3 Å². The van der Waals surface area contributed by atoms with Crippen LogP contribution in [0.5, 0.6) is 0 Å². The molecule has 1 aromatic carbocycles. The molecule has 1 fully saturated rings. The summed E-state index contributed by atoms with van der Waals surface area (Å²) in [6, 6.07) is 14.6. The summed E-state index contributed by atoms with van der Waals surface area (Å²) < 4.78 is 0. The number of hydrogen-bond donors (Lipinski definition) is 0. The van der Waals surface area contributed by atoms with Crippen LogP contribution in [0.1, 0.15) is 24.6 Å². The zero-order valence-corrected chi connectivity index (χ0v) is 16.1. The molecule has 1 unspecified atom stereocenters. The molecule has 2 aromatic rings. The van der Waals surface area contributed by atoms with Gasteiger partial charge in [-0.15, -0.1) is 0 Å². The van der Waals surface area contributed by atoms with Gasteiger partial charge in [0.2, 0.25) is 5.91 Å². The van der Waals surface area contributed by atoms with E-state index in [-0.39, 0.29) is 11.9 Å². The first-order valence-corrected chi connectivity index (χ1v) is 9.95. The summed E-state index contributed by atoms with van der Waals surface area (Å²) in [5.41, 5.74) is 3.50. The minimum absolute atomic E-state index is 0.227. The quantitative estimate of drug-likeness (QED) is 0.836. The summed E-state index contributed by atoms with van der Waals surface area (Å²) in [7, 11) is 0. The molecule has 0 bridgehead atoms. The lowest BCUT2D eigenvalue weighted by molar-refractivity contribution is -0.120. The molecule has 1 aromatic heterocycles. The topological polar surface area (TPSA) is 39.7 Å². The van der Waals surface area contributed by atoms with Gasteiger partial charge in [0.25, 0.3) is 0 Å². The first kappa shape index (κ1) is 18.1. The fourth-order valence-electron chi connectivity index (χ4n) is 4.27. The van der Waals surface area contributed by atoms with E-state index >= 15 is 0 Å². The van der Waals surface area contributed by atoms with Crippen molar-refractivity contribution in [1.82, 2.24) is 14.8 Å². The Morgan fingerprint density at radius 1 is 1.04 bits per heavy atom. The molecular weight excluding hydrogens is 336 g/mol. The molecule has 1 amide bonds. The smallest absolute Gasteiger partial charge is 0.241 e. The van der Waals surface area contributed by atoms with Crippen LogP contribution in [0, 0.1) is 0 Å².